The molecular weight excluding hydrogens is 297 g/mol. The molecule has 3 aliphatic rings. The molecule has 1 aliphatic carbocycles. The highest BCUT2D eigenvalue weighted by Gasteiger charge is 2.60. The molecule has 2 atom stereocenters. The van der Waals surface area contributed by atoms with E-state index >= 15 is 0 Å². The SMILES string of the molecule is CN1CCC2CC21CN1CCc2cc(C(=O)NO)cc(F)c2C1. The van der Waals surface area contributed by atoms with Crippen LogP contribution in [0.5, 0.6) is 0 Å². The Labute approximate surface area is 135 Å². The van der Waals surface area contributed by atoms with Gasteiger partial charge in [0.25, 0.3) is 5.91 Å². The average molecular weight is 319 g/mol. The van der Waals surface area contributed by atoms with Crippen molar-refractivity contribution in [3.05, 3.63) is 34.6 Å². The van der Waals surface area contributed by atoms with Crippen LogP contribution in [0.1, 0.15) is 34.3 Å². The molecule has 1 saturated heterocycles. The molecule has 2 unspecified atom stereocenters. The Kier molecular flexibility index (Phi) is 3.44. The molecule has 23 heavy (non-hydrogen) atoms. The summed E-state index contributed by atoms with van der Waals surface area (Å²) >= 11 is 0. The average Bonchev–Trinajstić information content (AvgIpc) is 3.18. The van der Waals surface area contributed by atoms with E-state index in [1.807, 2.05) is 0 Å². The van der Waals surface area contributed by atoms with Gasteiger partial charge in [0.1, 0.15) is 5.82 Å². The van der Waals surface area contributed by atoms with E-state index < -0.39 is 5.91 Å². The van der Waals surface area contributed by atoms with Gasteiger partial charge in [0.2, 0.25) is 0 Å². The molecule has 2 heterocycles. The summed E-state index contributed by atoms with van der Waals surface area (Å²) in [6.07, 6.45) is 3.29. The lowest BCUT2D eigenvalue weighted by atomic mass is 9.95. The Bertz CT molecular complexity index is 665. The van der Waals surface area contributed by atoms with E-state index in [1.165, 1.54) is 25.5 Å². The molecule has 2 N–H and O–H groups in total. The maximum absolute atomic E-state index is 14.4. The molecule has 0 bridgehead atoms. The summed E-state index contributed by atoms with van der Waals surface area (Å²) in [5.41, 5.74) is 3.64. The molecule has 0 aromatic heterocycles. The third kappa shape index (κ3) is 2.36. The Morgan fingerprint density at radius 2 is 2.30 bits per heavy atom. The molecule has 5 nitrogen and oxygen atoms in total. The summed E-state index contributed by atoms with van der Waals surface area (Å²) in [5, 5.41) is 8.71. The lowest BCUT2D eigenvalue weighted by molar-refractivity contribution is 0.0705. The van der Waals surface area contributed by atoms with E-state index in [0.717, 1.165) is 31.0 Å². The van der Waals surface area contributed by atoms with Gasteiger partial charge in [-0.25, -0.2) is 9.87 Å². The summed E-state index contributed by atoms with van der Waals surface area (Å²) in [4.78, 5) is 16.3. The number of fused-ring (bicyclic) bond motifs is 2. The minimum absolute atomic E-state index is 0.175. The van der Waals surface area contributed by atoms with Gasteiger partial charge in [-0.15, -0.1) is 0 Å². The van der Waals surface area contributed by atoms with Crippen molar-refractivity contribution in [3.8, 4) is 0 Å². The Morgan fingerprint density at radius 3 is 2.96 bits per heavy atom. The van der Waals surface area contributed by atoms with Gasteiger partial charge < -0.3 is 0 Å². The lowest BCUT2D eigenvalue weighted by Gasteiger charge is -2.34. The largest absolute Gasteiger partial charge is 0.299 e. The third-order valence-electron chi connectivity index (χ3n) is 6.00. The van der Waals surface area contributed by atoms with Crippen LogP contribution >= 0.6 is 0 Å². The number of rotatable bonds is 3. The second kappa shape index (κ2) is 5.26. The van der Waals surface area contributed by atoms with E-state index in [4.69, 9.17) is 5.21 Å². The first-order chi connectivity index (χ1) is 11.0. The highest BCUT2D eigenvalue weighted by molar-refractivity contribution is 5.93. The second-order valence-corrected chi connectivity index (χ2v) is 7.21. The number of hydroxylamine groups is 1. The number of likely N-dealkylation sites (N-methyl/N-ethyl adjacent to an activating group) is 1. The van der Waals surface area contributed by atoms with Gasteiger partial charge in [0, 0.05) is 36.3 Å². The molecule has 1 aromatic carbocycles. The second-order valence-electron chi connectivity index (χ2n) is 7.21. The number of piperidine rings is 1. The van der Waals surface area contributed by atoms with Crippen molar-refractivity contribution in [2.24, 2.45) is 5.92 Å². The number of amides is 1. The summed E-state index contributed by atoms with van der Waals surface area (Å²) in [6, 6.07) is 2.91. The molecule has 6 heteroatoms. The smallest absolute Gasteiger partial charge is 0.274 e. The number of nitrogens with one attached hydrogen (secondary N) is 1. The minimum Gasteiger partial charge on any atom is -0.299 e. The first kappa shape index (κ1) is 15.1. The predicted molar refractivity (Wildman–Crippen MR) is 82.7 cm³/mol. The van der Waals surface area contributed by atoms with Crippen molar-refractivity contribution < 1.29 is 14.4 Å². The summed E-state index contributed by atoms with van der Waals surface area (Å²) in [5.74, 6) is -0.203. The standard InChI is InChI=1S/C17H22FN3O2/c1-20-4-3-13-8-17(13,20)10-21-5-2-11-6-12(16(22)19-23)7-15(18)14(11)9-21/h6-7,13,23H,2-5,8-10H2,1H3,(H,19,22). The highest BCUT2D eigenvalue weighted by atomic mass is 19.1. The maximum atomic E-state index is 14.4. The van der Waals surface area contributed by atoms with Gasteiger partial charge in [-0.3, -0.25) is 19.8 Å². The number of carbonyl (C=O) groups is 1. The Morgan fingerprint density at radius 1 is 1.48 bits per heavy atom. The van der Waals surface area contributed by atoms with Crippen molar-refractivity contribution in [2.45, 2.75) is 31.3 Å². The summed E-state index contributed by atoms with van der Waals surface area (Å²) in [6.45, 7) is 3.67. The molecule has 1 amide bonds. The van der Waals surface area contributed by atoms with Crippen molar-refractivity contribution >= 4 is 5.91 Å². The molecule has 1 saturated carbocycles. The van der Waals surface area contributed by atoms with Crippen LogP contribution in [0.4, 0.5) is 4.39 Å². The monoisotopic (exact) mass is 319 g/mol. The van der Waals surface area contributed by atoms with Gasteiger partial charge in [0.15, 0.2) is 0 Å². The highest BCUT2D eigenvalue weighted by Crippen LogP contribution is 2.55. The molecule has 0 spiro atoms. The minimum atomic E-state index is -0.665. The fourth-order valence-corrected chi connectivity index (χ4v) is 4.49. The lowest BCUT2D eigenvalue weighted by Crippen LogP contribution is -2.44. The Hall–Kier alpha value is -1.50. The zero-order valence-corrected chi connectivity index (χ0v) is 13.3. The molecular formula is C17H22FN3O2. The predicted octanol–water partition coefficient (Wildman–Crippen LogP) is 1.40. The van der Waals surface area contributed by atoms with Crippen LogP contribution in [-0.2, 0) is 13.0 Å². The normalized spacial score (nSPS) is 30.0. The van der Waals surface area contributed by atoms with Crippen LogP contribution in [0.25, 0.3) is 0 Å². The molecule has 2 aliphatic heterocycles. The van der Waals surface area contributed by atoms with Crippen molar-refractivity contribution in [1.82, 2.24) is 15.3 Å². The topological polar surface area (TPSA) is 55.8 Å². The zero-order valence-electron chi connectivity index (χ0n) is 13.3. The van der Waals surface area contributed by atoms with E-state index in [2.05, 4.69) is 16.8 Å². The molecule has 0 radical (unpaired) electrons. The first-order valence-electron chi connectivity index (χ1n) is 8.23. The number of hydrogen-bond donors (Lipinski definition) is 2. The fourth-order valence-electron chi connectivity index (χ4n) is 4.49. The van der Waals surface area contributed by atoms with E-state index in [1.54, 1.807) is 11.5 Å². The van der Waals surface area contributed by atoms with E-state index in [9.17, 15) is 9.18 Å². The maximum Gasteiger partial charge on any atom is 0.274 e. The number of halogens is 1. The van der Waals surface area contributed by atoms with Gasteiger partial charge in [0.05, 0.1) is 0 Å². The number of carbonyl (C=O) groups excluding carboxylic acids is 1. The molecule has 124 valence electrons. The zero-order chi connectivity index (χ0) is 16.2. The van der Waals surface area contributed by atoms with Crippen LogP contribution in [0.15, 0.2) is 12.1 Å². The van der Waals surface area contributed by atoms with E-state index in [-0.39, 0.29) is 11.4 Å². The number of benzene rings is 1. The first-order valence-corrected chi connectivity index (χ1v) is 8.23. The van der Waals surface area contributed by atoms with Crippen LogP contribution in [0, 0.1) is 11.7 Å². The van der Waals surface area contributed by atoms with Crippen molar-refractivity contribution in [3.63, 3.8) is 0 Å². The van der Waals surface area contributed by atoms with Gasteiger partial charge >= 0.3 is 0 Å². The molecule has 4 rings (SSSR count). The van der Waals surface area contributed by atoms with Crippen LogP contribution < -0.4 is 5.48 Å². The van der Waals surface area contributed by atoms with Crippen molar-refractivity contribution in [2.75, 3.05) is 26.7 Å². The quantitative estimate of drug-likeness (QED) is 0.653. The molecule has 1 aromatic rings. The number of nitrogens with zero attached hydrogens (tertiary/aromatic N) is 2. The van der Waals surface area contributed by atoms with Gasteiger partial charge in [-0.1, -0.05) is 0 Å². The van der Waals surface area contributed by atoms with Crippen LogP contribution in [-0.4, -0.2) is 53.1 Å². The summed E-state index contributed by atoms with van der Waals surface area (Å²) < 4.78 is 14.4. The fraction of sp³-hybridized carbons (Fsp3) is 0.588. The van der Waals surface area contributed by atoms with Crippen LogP contribution in [0.2, 0.25) is 0 Å². The van der Waals surface area contributed by atoms with Crippen molar-refractivity contribution in [1.29, 1.82) is 0 Å². The summed E-state index contributed by atoms with van der Waals surface area (Å²) in [7, 11) is 2.20. The third-order valence-corrected chi connectivity index (χ3v) is 6.00. The van der Waals surface area contributed by atoms with Crippen LogP contribution in [0.3, 0.4) is 0 Å². The van der Waals surface area contributed by atoms with Gasteiger partial charge in [-0.2, -0.15) is 0 Å². The number of hydrogen-bond acceptors (Lipinski definition) is 4. The van der Waals surface area contributed by atoms with E-state index in [0.29, 0.717) is 17.6 Å². The Balaban J connectivity index is 1.52. The molecule has 2 fully saturated rings. The number of likely N-dealkylation sites (tertiary alicyclic amines) is 1. The van der Waals surface area contributed by atoms with Gasteiger partial charge in [-0.05, 0) is 56.5 Å².